The standard InChI is InChI=1S/C10H20N2O3/c1-3-9(13)12-7-5-4-6-8(11-2)10(14)15/h8,11H,3-7H2,1-2H3,(H,12,13)(H,14,15)/t8-/m1/s1. The van der Waals surface area contributed by atoms with Crippen molar-refractivity contribution < 1.29 is 14.7 Å². The molecule has 0 saturated heterocycles. The molecular formula is C10H20N2O3. The normalized spacial score (nSPS) is 12.1. The monoisotopic (exact) mass is 216 g/mol. The maximum absolute atomic E-state index is 10.9. The lowest BCUT2D eigenvalue weighted by atomic mass is 10.1. The summed E-state index contributed by atoms with van der Waals surface area (Å²) in [6.45, 7) is 2.43. The van der Waals surface area contributed by atoms with Crippen molar-refractivity contribution in [2.75, 3.05) is 13.6 Å². The highest BCUT2D eigenvalue weighted by Crippen LogP contribution is 2.00. The zero-order valence-corrected chi connectivity index (χ0v) is 9.38. The number of carbonyl (C=O) groups excluding carboxylic acids is 1. The summed E-state index contributed by atoms with van der Waals surface area (Å²) in [6, 6.07) is -0.480. The molecule has 0 saturated carbocycles. The van der Waals surface area contributed by atoms with Crippen LogP contribution in [0.15, 0.2) is 0 Å². The number of aliphatic carboxylic acids is 1. The van der Waals surface area contributed by atoms with Gasteiger partial charge in [-0.2, -0.15) is 0 Å². The molecule has 0 unspecified atom stereocenters. The first-order valence-electron chi connectivity index (χ1n) is 5.28. The number of likely N-dealkylation sites (N-methyl/N-ethyl adjacent to an activating group) is 1. The quantitative estimate of drug-likeness (QED) is 0.512. The SMILES string of the molecule is CCC(=O)NCCCC[C@@H](NC)C(=O)O. The maximum atomic E-state index is 10.9. The first-order valence-corrected chi connectivity index (χ1v) is 5.28. The second kappa shape index (κ2) is 8.23. The lowest BCUT2D eigenvalue weighted by Gasteiger charge is -2.10. The maximum Gasteiger partial charge on any atom is 0.320 e. The summed E-state index contributed by atoms with van der Waals surface area (Å²) in [6.07, 6.45) is 2.70. The zero-order valence-electron chi connectivity index (χ0n) is 9.38. The topological polar surface area (TPSA) is 78.4 Å². The van der Waals surface area contributed by atoms with Crippen LogP contribution in [-0.4, -0.2) is 36.6 Å². The van der Waals surface area contributed by atoms with Crippen LogP contribution in [0, 0.1) is 0 Å². The highest BCUT2D eigenvalue weighted by atomic mass is 16.4. The first-order chi connectivity index (χ1) is 7.11. The van der Waals surface area contributed by atoms with Gasteiger partial charge < -0.3 is 15.7 Å². The van der Waals surface area contributed by atoms with Crippen LogP contribution in [0.3, 0.4) is 0 Å². The first kappa shape index (κ1) is 13.9. The van der Waals surface area contributed by atoms with Gasteiger partial charge in [-0.05, 0) is 26.3 Å². The molecule has 15 heavy (non-hydrogen) atoms. The molecule has 3 N–H and O–H groups in total. The smallest absolute Gasteiger partial charge is 0.320 e. The molecule has 0 fully saturated rings. The van der Waals surface area contributed by atoms with E-state index in [0.29, 0.717) is 19.4 Å². The van der Waals surface area contributed by atoms with Crippen LogP contribution in [0.5, 0.6) is 0 Å². The van der Waals surface area contributed by atoms with Crippen LogP contribution in [0.4, 0.5) is 0 Å². The number of carboxylic acids is 1. The van der Waals surface area contributed by atoms with E-state index in [-0.39, 0.29) is 5.91 Å². The molecule has 0 aliphatic rings. The Morgan fingerprint density at radius 2 is 2.00 bits per heavy atom. The van der Waals surface area contributed by atoms with Crippen LogP contribution < -0.4 is 10.6 Å². The van der Waals surface area contributed by atoms with E-state index in [0.717, 1.165) is 12.8 Å². The molecular weight excluding hydrogens is 196 g/mol. The number of nitrogens with one attached hydrogen (secondary N) is 2. The van der Waals surface area contributed by atoms with Gasteiger partial charge in [0.25, 0.3) is 0 Å². The van der Waals surface area contributed by atoms with E-state index in [9.17, 15) is 9.59 Å². The minimum Gasteiger partial charge on any atom is -0.480 e. The number of carbonyl (C=O) groups is 2. The molecule has 88 valence electrons. The third kappa shape index (κ3) is 6.90. The van der Waals surface area contributed by atoms with Crippen LogP contribution in [0.25, 0.3) is 0 Å². The van der Waals surface area contributed by atoms with E-state index in [1.165, 1.54) is 0 Å². The lowest BCUT2D eigenvalue weighted by Crippen LogP contribution is -2.33. The number of rotatable bonds is 8. The van der Waals surface area contributed by atoms with Gasteiger partial charge in [-0.15, -0.1) is 0 Å². The van der Waals surface area contributed by atoms with Crippen molar-refractivity contribution in [1.82, 2.24) is 10.6 Å². The molecule has 0 radical (unpaired) electrons. The molecule has 1 amide bonds. The van der Waals surface area contributed by atoms with Crippen molar-refractivity contribution in [3.63, 3.8) is 0 Å². The van der Waals surface area contributed by atoms with Crippen molar-refractivity contribution in [3.8, 4) is 0 Å². The molecule has 0 aromatic heterocycles. The fourth-order valence-electron chi connectivity index (χ4n) is 1.22. The summed E-state index contributed by atoms with van der Waals surface area (Å²) in [5, 5.41) is 14.2. The predicted octanol–water partition coefficient (Wildman–Crippen LogP) is 0.356. The molecule has 0 bridgehead atoms. The molecule has 0 rings (SSSR count). The van der Waals surface area contributed by atoms with Gasteiger partial charge in [0.2, 0.25) is 5.91 Å². The van der Waals surface area contributed by atoms with E-state index < -0.39 is 12.0 Å². The third-order valence-electron chi connectivity index (χ3n) is 2.21. The van der Waals surface area contributed by atoms with Crippen LogP contribution in [0.1, 0.15) is 32.6 Å². The Morgan fingerprint density at radius 3 is 2.47 bits per heavy atom. The largest absolute Gasteiger partial charge is 0.480 e. The fraction of sp³-hybridized carbons (Fsp3) is 0.800. The Bertz CT molecular complexity index is 207. The van der Waals surface area contributed by atoms with E-state index in [2.05, 4.69) is 10.6 Å². The highest BCUT2D eigenvalue weighted by Gasteiger charge is 2.13. The van der Waals surface area contributed by atoms with Gasteiger partial charge in [0, 0.05) is 13.0 Å². The van der Waals surface area contributed by atoms with Crippen molar-refractivity contribution in [2.45, 2.75) is 38.6 Å². The molecule has 0 aromatic carbocycles. The summed E-state index contributed by atoms with van der Waals surface area (Å²) in [5.74, 6) is -0.784. The molecule has 1 atom stereocenters. The number of unbranched alkanes of at least 4 members (excludes halogenated alkanes) is 1. The summed E-state index contributed by atoms with van der Waals surface area (Å²) in [4.78, 5) is 21.5. The Labute approximate surface area is 90.2 Å². The Balaban J connectivity index is 3.45. The van der Waals surface area contributed by atoms with Crippen LogP contribution in [-0.2, 0) is 9.59 Å². The molecule has 0 spiro atoms. The van der Waals surface area contributed by atoms with Crippen molar-refractivity contribution in [1.29, 1.82) is 0 Å². The van der Waals surface area contributed by atoms with Crippen molar-refractivity contribution in [3.05, 3.63) is 0 Å². The number of amides is 1. The number of hydrogen-bond donors (Lipinski definition) is 3. The Hall–Kier alpha value is -1.10. The molecule has 5 heteroatoms. The van der Waals surface area contributed by atoms with Gasteiger partial charge in [0.05, 0.1) is 0 Å². The fourth-order valence-corrected chi connectivity index (χ4v) is 1.22. The van der Waals surface area contributed by atoms with Crippen LogP contribution >= 0.6 is 0 Å². The van der Waals surface area contributed by atoms with E-state index in [4.69, 9.17) is 5.11 Å². The van der Waals surface area contributed by atoms with Gasteiger partial charge in [-0.25, -0.2) is 0 Å². The van der Waals surface area contributed by atoms with E-state index in [1.54, 1.807) is 14.0 Å². The minimum absolute atomic E-state index is 0.0402. The lowest BCUT2D eigenvalue weighted by molar-refractivity contribution is -0.139. The summed E-state index contributed by atoms with van der Waals surface area (Å²) in [7, 11) is 1.64. The highest BCUT2D eigenvalue weighted by molar-refractivity contribution is 5.75. The van der Waals surface area contributed by atoms with Gasteiger partial charge in [-0.1, -0.05) is 6.92 Å². The average molecular weight is 216 g/mol. The molecule has 0 aromatic rings. The predicted molar refractivity (Wildman–Crippen MR) is 57.6 cm³/mol. The number of carboxylic acid groups (broad SMARTS) is 1. The summed E-state index contributed by atoms with van der Waals surface area (Å²) < 4.78 is 0. The summed E-state index contributed by atoms with van der Waals surface area (Å²) >= 11 is 0. The van der Waals surface area contributed by atoms with Crippen LogP contribution in [0.2, 0.25) is 0 Å². The summed E-state index contributed by atoms with van der Waals surface area (Å²) in [5.41, 5.74) is 0. The van der Waals surface area contributed by atoms with Gasteiger partial charge in [-0.3, -0.25) is 9.59 Å². The van der Waals surface area contributed by atoms with Crippen molar-refractivity contribution in [2.24, 2.45) is 0 Å². The minimum atomic E-state index is -0.824. The average Bonchev–Trinajstić information content (AvgIpc) is 2.22. The molecule has 5 nitrogen and oxygen atoms in total. The molecule has 0 heterocycles. The van der Waals surface area contributed by atoms with E-state index >= 15 is 0 Å². The van der Waals surface area contributed by atoms with Gasteiger partial charge in [0.15, 0.2) is 0 Å². The Kier molecular flexibility index (Phi) is 7.62. The molecule has 0 aliphatic carbocycles. The second-order valence-electron chi connectivity index (χ2n) is 3.38. The number of hydrogen-bond acceptors (Lipinski definition) is 3. The van der Waals surface area contributed by atoms with Gasteiger partial charge in [0.1, 0.15) is 6.04 Å². The van der Waals surface area contributed by atoms with E-state index in [1.807, 2.05) is 0 Å². The second-order valence-corrected chi connectivity index (χ2v) is 3.38. The Morgan fingerprint density at radius 1 is 1.33 bits per heavy atom. The van der Waals surface area contributed by atoms with Crippen molar-refractivity contribution >= 4 is 11.9 Å². The zero-order chi connectivity index (χ0) is 11.7. The van der Waals surface area contributed by atoms with Gasteiger partial charge >= 0.3 is 5.97 Å². The third-order valence-corrected chi connectivity index (χ3v) is 2.21. The molecule has 0 aliphatic heterocycles.